The lowest BCUT2D eigenvalue weighted by molar-refractivity contribution is -0.125. The number of hydrazine groups is 1. The topological polar surface area (TPSA) is 40.6 Å². The lowest BCUT2D eigenvalue weighted by Crippen LogP contribution is -2.52. The molecule has 1 aliphatic heterocycles. The Hall–Kier alpha value is -1.68. The number of nitrogens with zero attached hydrogens (tertiary/aromatic N) is 2. The minimum absolute atomic E-state index is 0.0590. The molecule has 2 rings (SSSR count). The van der Waals surface area contributed by atoms with Gasteiger partial charge in [0.25, 0.3) is 0 Å². The molecule has 1 fully saturated rings. The molecule has 1 amide bonds. The predicted molar refractivity (Wildman–Crippen MR) is 65.4 cm³/mol. The summed E-state index contributed by atoms with van der Waals surface area (Å²) >= 11 is 0. The second kappa shape index (κ2) is 5.10. The van der Waals surface area contributed by atoms with E-state index in [0.29, 0.717) is 13.0 Å². The van der Waals surface area contributed by atoms with Crippen LogP contribution in [0.15, 0.2) is 30.3 Å². The van der Waals surface area contributed by atoms with Crippen LogP contribution in [-0.2, 0) is 9.59 Å². The van der Waals surface area contributed by atoms with Crippen molar-refractivity contribution in [3.8, 4) is 0 Å². The van der Waals surface area contributed by atoms with Crippen molar-refractivity contribution in [2.24, 2.45) is 0 Å². The normalized spacial score (nSPS) is 17.2. The van der Waals surface area contributed by atoms with Gasteiger partial charge in [0.15, 0.2) is 0 Å². The van der Waals surface area contributed by atoms with Gasteiger partial charge in [-0.15, -0.1) is 0 Å². The Morgan fingerprint density at radius 1 is 1.29 bits per heavy atom. The first-order chi connectivity index (χ1) is 8.18. The molecule has 1 aliphatic rings. The third-order valence-corrected chi connectivity index (χ3v) is 2.73. The highest BCUT2D eigenvalue weighted by Crippen LogP contribution is 2.21. The van der Waals surface area contributed by atoms with E-state index in [2.05, 4.69) is 0 Å². The molecule has 90 valence electrons. The van der Waals surface area contributed by atoms with E-state index >= 15 is 0 Å². The van der Waals surface area contributed by atoms with Crippen LogP contribution in [0.1, 0.15) is 19.8 Å². The van der Waals surface area contributed by atoms with Crippen molar-refractivity contribution < 1.29 is 9.59 Å². The molecular weight excluding hydrogens is 216 g/mol. The maximum Gasteiger partial charge on any atom is 0.241 e. The smallest absolute Gasteiger partial charge is 0.241 e. The monoisotopic (exact) mass is 232 g/mol. The molecule has 1 heterocycles. The minimum Gasteiger partial charge on any atom is -0.298 e. The fourth-order valence-corrected chi connectivity index (χ4v) is 2.06. The predicted octanol–water partition coefficient (Wildman–Crippen LogP) is 1.62. The van der Waals surface area contributed by atoms with Gasteiger partial charge in [-0.05, 0) is 25.5 Å². The summed E-state index contributed by atoms with van der Waals surface area (Å²) in [5.74, 6) is 0.129. The van der Waals surface area contributed by atoms with E-state index in [1.807, 2.05) is 35.3 Å². The van der Waals surface area contributed by atoms with Gasteiger partial charge in [0.05, 0.1) is 12.2 Å². The van der Waals surface area contributed by atoms with Gasteiger partial charge in [0.1, 0.15) is 5.78 Å². The van der Waals surface area contributed by atoms with Gasteiger partial charge in [-0.25, -0.2) is 10.0 Å². The summed E-state index contributed by atoms with van der Waals surface area (Å²) in [6, 6.07) is 9.46. The molecule has 17 heavy (non-hydrogen) atoms. The van der Waals surface area contributed by atoms with Crippen LogP contribution in [-0.4, -0.2) is 29.8 Å². The van der Waals surface area contributed by atoms with Gasteiger partial charge >= 0.3 is 0 Å². The van der Waals surface area contributed by atoms with Crippen molar-refractivity contribution in [1.29, 1.82) is 0 Å². The molecule has 4 heteroatoms. The first-order valence-corrected chi connectivity index (χ1v) is 5.81. The SMILES string of the molecule is CC(=O)CN1CCCC(=O)N1c1ccccc1. The molecule has 0 atom stereocenters. The second-order valence-electron chi connectivity index (χ2n) is 4.23. The summed E-state index contributed by atoms with van der Waals surface area (Å²) in [5, 5.41) is 3.45. The van der Waals surface area contributed by atoms with Crippen molar-refractivity contribution in [2.75, 3.05) is 18.1 Å². The summed E-state index contributed by atoms with van der Waals surface area (Å²) in [7, 11) is 0. The van der Waals surface area contributed by atoms with Gasteiger partial charge in [-0.1, -0.05) is 18.2 Å². The standard InChI is InChI=1S/C13H16N2O2/c1-11(16)10-14-9-5-8-13(17)15(14)12-6-3-2-4-7-12/h2-4,6-7H,5,8-10H2,1H3. The first kappa shape index (κ1) is 11.8. The molecule has 1 saturated heterocycles. The van der Waals surface area contributed by atoms with E-state index < -0.39 is 0 Å². The quantitative estimate of drug-likeness (QED) is 0.795. The molecule has 0 bridgehead atoms. The first-order valence-electron chi connectivity index (χ1n) is 5.81. The Balaban J connectivity index is 2.25. The molecule has 0 aliphatic carbocycles. The van der Waals surface area contributed by atoms with Crippen molar-refractivity contribution >= 4 is 17.4 Å². The van der Waals surface area contributed by atoms with Crippen LogP contribution in [0.25, 0.3) is 0 Å². The summed E-state index contributed by atoms with van der Waals surface area (Å²) in [5.41, 5.74) is 0.832. The van der Waals surface area contributed by atoms with Crippen molar-refractivity contribution in [3.63, 3.8) is 0 Å². The molecule has 1 aromatic rings. The zero-order chi connectivity index (χ0) is 12.3. The number of carbonyl (C=O) groups is 2. The molecule has 1 aromatic carbocycles. The molecule has 4 nitrogen and oxygen atoms in total. The minimum atomic E-state index is 0.0590. The van der Waals surface area contributed by atoms with Gasteiger partial charge in [-0.2, -0.15) is 0 Å². The van der Waals surface area contributed by atoms with Crippen LogP contribution in [0.2, 0.25) is 0 Å². The van der Waals surface area contributed by atoms with Crippen molar-refractivity contribution in [1.82, 2.24) is 5.01 Å². The average Bonchev–Trinajstić information content (AvgIpc) is 2.29. The highest BCUT2D eigenvalue weighted by molar-refractivity contribution is 5.93. The number of benzene rings is 1. The number of carbonyl (C=O) groups excluding carboxylic acids is 2. The molecule has 0 N–H and O–H groups in total. The largest absolute Gasteiger partial charge is 0.298 e. The molecule has 0 radical (unpaired) electrons. The van der Waals surface area contributed by atoms with E-state index in [-0.39, 0.29) is 11.7 Å². The van der Waals surface area contributed by atoms with Crippen LogP contribution >= 0.6 is 0 Å². The summed E-state index contributed by atoms with van der Waals surface area (Å²) in [6.45, 7) is 2.59. The number of amides is 1. The Labute approximate surface area is 101 Å². The number of hydrogen-bond donors (Lipinski definition) is 0. The van der Waals surface area contributed by atoms with E-state index in [1.54, 1.807) is 11.9 Å². The van der Waals surface area contributed by atoms with E-state index in [1.165, 1.54) is 0 Å². The van der Waals surface area contributed by atoms with Crippen LogP contribution in [0, 0.1) is 0 Å². The van der Waals surface area contributed by atoms with E-state index in [4.69, 9.17) is 0 Å². The molecule has 0 spiro atoms. The number of para-hydroxylation sites is 1. The van der Waals surface area contributed by atoms with Crippen molar-refractivity contribution in [3.05, 3.63) is 30.3 Å². The number of anilines is 1. The van der Waals surface area contributed by atoms with E-state index in [0.717, 1.165) is 18.7 Å². The Kier molecular flexibility index (Phi) is 3.54. The third-order valence-electron chi connectivity index (χ3n) is 2.73. The number of rotatable bonds is 3. The molecule has 0 saturated carbocycles. The van der Waals surface area contributed by atoms with Gasteiger partial charge in [0, 0.05) is 13.0 Å². The molecule has 0 unspecified atom stereocenters. The lowest BCUT2D eigenvalue weighted by atomic mass is 10.2. The maximum atomic E-state index is 12.0. The van der Waals surface area contributed by atoms with Gasteiger partial charge in [-0.3, -0.25) is 9.59 Å². The summed E-state index contributed by atoms with van der Waals surface area (Å²) in [4.78, 5) is 23.2. The Morgan fingerprint density at radius 3 is 2.65 bits per heavy atom. The van der Waals surface area contributed by atoms with Crippen LogP contribution < -0.4 is 5.01 Å². The zero-order valence-corrected chi connectivity index (χ0v) is 9.93. The lowest BCUT2D eigenvalue weighted by Gasteiger charge is -2.37. The highest BCUT2D eigenvalue weighted by Gasteiger charge is 2.27. The van der Waals surface area contributed by atoms with Gasteiger partial charge < -0.3 is 0 Å². The van der Waals surface area contributed by atoms with Crippen LogP contribution in [0.3, 0.4) is 0 Å². The fraction of sp³-hybridized carbons (Fsp3) is 0.385. The van der Waals surface area contributed by atoms with Crippen LogP contribution in [0.5, 0.6) is 0 Å². The Bertz CT molecular complexity index is 417. The highest BCUT2D eigenvalue weighted by atomic mass is 16.2. The fourth-order valence-electron chi connectivity index (χ4n) is 2.06. The van der Waals surface area contributed by atoms with Crippen LogP contribution in [0.4, 0.5) is 5.69 Å². The number of Topliss-reactive ketones (excluding diaryl/α,β-unsaturated/α-hetero) is 1. The van der Waals surface area contributed by atoms with Crippen molar-refractivity contribution in [2.45, 2.75) is 19.8 Å². The Morgan fingerprint density at radius 2 is 2.00 bits per heavy atom. The maximum absolute atomic E-state index is 12.0. The average molecular weight is 232 g/mol. The summed E-state index contributed by atoms with van der Waals surface area (Å²) in [6.07, 6.45) is 1.36. The third kappa shape index (κ3) is 2.71. The molecular formula is C13H16N2O2. The number of hydrogen-bond acceptors (Lipinski definition) is 3. The summed E-state index contributed by atoms with van der Waals surface area (Å²) < 4.78 is 0. The number of ketones is 1. The van der Waals surface area contributed by atoms with E-state index in [9.17, 15) is 9.59 Å². The molecule has 0 aromatic heterocycles. The van der Waals surface area contributed by atoms with Gasteiger partial charge in [0.2, 0.25) is 5.91 Å². The second-order valence-corrected chi connectivity index (χ2v) is 4.23. The zero-order valence-electron chi connectivity index (χ0n) is 9.93.